The second-order valence-corrected chi connectivity index (χ2v) is 8.07. The van der Waals surface area contributed by atoms with Crippen molar-refractivity contribution in [3.63, 3.8) is 0 Å². The fraction of sp³-hybridized carbons (Fsp3) is 0.407. The van der Waals surface area contributed by atoms with Crippen molar-refractivity contribution in [3.05, 3.63) is 48.0 Å². The van der Waals surface area contributed by atoms with Gasteiger partial charge in [0.2, 0.25) is 0 Å². The molecule has 0 saturated heterocycles. The molecule has 0 aliphatic rings. The van der Waals surface area contributed by atoms with Gasteiger partial charge in [-0.3, -0.25) is 0 Å². The predicted molar refractivity (Wildman–Crippen MR) is 129 cm³/mol. The molecular weight excluding hydrogens is 420 g/mol. The van der Waals surface area contributed by atoms with Crippen molar-refractivity contribution in [3.8, 4) is 11.5 Å². The number of hydrogen-bond donors (Lipinski definition) is 0. The van der Waals surface area contributed by atoms with Crippen LogP contribution in [0, 0.1) is 6.92 Å². The van der Waals surface area contributed by atoms with Crippen LogP contribution < -0.4 is 9.47 Å². The van der Waals surface area contributed by atoms with Gasteiger partial charge in [0.1, 0.15) is 11.5 Å². The lowest BCUT2D eigenvalue weighted by molar-refractivity contribution is 0.0966. The third-order valence-electron chi connectivity index (χ3n) is 5.39. The molecule has 176 valence electrons. The SMILES string of the molecule is CCCCCOC(=O)Oc1c2ccccc2c(OC(=O)OCCCCC)c2cc(C)ccc12. The third-order valence-corrected chi connectivity index (χ3v) is 5.39. The van der Waals surface area contributed by atoms with Crippen molar-refractivity contribution < 1.29 is 28.5 Å². The lowest BCUT2D eigenvalue weighted by atomic mass is 9.99. The number of aryl methyl sites for hydroxylation is 1. The zero-order valence-electron chi connectivity index (χ0n) is 19.6. The highest BCUT2D eigenvalue weighted by Gasteiger charge is 2.21. The van der Waals surface area contributed by atoms with E-state index in [2.05, 4.69) is 13.8 Å². The largest absolute Gasteiger partial charge is 0.513 e. The van der Waals surface area contributed by atoms with Crippen LogP contribution in [0.25, 0.3) is 21.5 Å². The fourth-order valence-corrected chi connectivity index (χ4v) is 3.67. The molecule has 0 spiro atoms. The first kappa shape index (κ1) is 24.4. The van der Waals surface area contributed by atoms with Gasteiger partial charge < -0.3 is 18.9 Å². The van der Waals surface area contributed by atoms with E-state index in [1.54, 1.807) is 0 Å². The first-order valence-corrected chi connectivity index (χ1v) is 11.7. The Hall–Kier alpha value is -3.28. The third kappa shape index (κ3) is 6.37. The van der Waals surface area contributed by atoms with Gasteiger partial charge in [-0.05, 0) is 25.8 Å². The van der Waals surface area contributed by atoms with Crippen LogP contribution in [-0.4, -0.2) is 25.5 Å². The molecule has 0 radical (unpaired) electrons. The summed E-state index contributed by atoms with van der Waals surface area (Å²) in [6.45, 7) is 6.75. The Morgan fingerprint density at radius 1 is 0.667 bits per heavy atom. The average Bonchev–Trinajstić information content (AvgIpc) is 2.81. The van der Waals surface area contributed by atoms with Crippen molar-refractivity contribution in [2.75, 3.05) is 13.2 Å². The first-order chi connectivity index (χ1) is 16.0. The molecule has 0 N–H and O–H groups in total. The van der Waals surface area contributed by atoms with E-state index in [-0.39, 0.29) is 0 Å². The Labute approximate surface area is 194 Å². The lowest BCUT2D eigenvalue weighted by Crippen LogP contribution is -2.14. The minimum atomic E-state index is -0.748. The topological polar surface area (TPSA) is 71.1 Å². The number of benzene rings is 3. The van der Waals surface area contributed by atoms with Crippen LogP contribution in [0.3, 0.4) is 0 Å². The van der Waals surface area contributed by atoms with E-state index >= 15 is 0 Å². The fourth-order valence-electron chi connectivity index (χ4n) is 3.67. The van der Waals surface area contributed by atoms with Crippen LogP contribution in [0.15, 0.2) is 42.5 Å². The standard InChI is InChI=1S/C27H32O6/c1-4-6-10-16-30-26(28)32-24-20-12-8-9-13-21(20)25(23-18-19(3)14-15-22(23)24)33-27(29)31-17-11-7-5-2/h8-9,12-15,18H,4-7,10-11,16-17H2,1-3H3. The van der Waals surface area contributed by atoms with E-state index in [1.807, 2.05) is 49.4 Å². The number of carbonyl (C=O) groups excluding carboxylic acids is 2. The molecule has 3 aromatic rings. The molecule has 0 saturated carbocycles. The summed E-state index contributed by atoms with van der Waals surface area (Å²) in [5.41, 5.74) is 0.979. The van der Waals surface area contributed by atoms with Crippen LogP contribution in [0.5, 0.6) is 11.5 Å². The highest BCUT2D eigenvalue weighted by molar-refractivity contribution is 6.12. The van der Waals surface area contributed by atoms with E-state index in [1.165, 1.54) is 0 Å². The Morgan fingerprint density at radius 3 is 1.67 bits per heavy atom. The number of carbonyl (C=O) groups is 2. The molecule has 6 nitrogen and oxygen atoms in total. The summed E-state index contributed by atoms with van der Waals surface area (Å²) in [5.74, 6) is 0.762. The monoisotopic (exact) mass is 452 g/mol. The maximum absolute atomic E-state index is 12.4. The first-order valence-electron chi connectivity index (χ1n) is 11.7. The number of ether oxygens (including phenoxy) is 4. The molecule has 6 heteroatoms. The van der Waals surface area contributed by atoms with Gasteiger partial charge in [-0.15, -0.1) is 0 Å². The molecule has 0 bridgehead atoms. The van der Waals surface area contributed by atoms with E-state index in [0.29, 0.717) is 46.3 Å². The van der Waals surface area contributed by atoms with E-state index in [0.717, 1.165) is 44.1 Å². The lowest BCUT2D eigenvalue weighted by Gasteiger charge is -2.16. The molecule has 0 aliphatic heterocycles. The highest BCUT2D eigenvalue weighted by Crippen LogP contribution is 2.43. The van der Waals surface area contributed by atoms with E-state index in [9.17, 15) is 9.59 Å². The van der Waals surface area contributed by atoms with Gasteiger partial charge in [0.25, 0.3) is 0 Å². The summed E-state index contributed by atoms with van der Waals surface area (Å²) in [7, 11) is 0. The Kier molecular flexibility index (Phi) is 8.93. The Balaban J connectivity index is 1.97. The van der Waals surface area contributed by atoms with Gasteiger partial charge in [-0.25, -0.2) is 9.59 Å². The van der Waals surface area contributed by atoms with Crippen LogP contribution in [-0.2, 0) is 9.47 Å². The van der Waals surface area contributed by atoms with Gasteiger partial charge in [-0.2, -0.15) is 0 Å². The molecule has 33 heavy (non-hydrogen) atoms. The van der Waals surface area contributed by atoms with Crippen molar-refractivity contribution >= 4 is 33.9 Å². The maximum atomic E-state index is 12.4. The Morgan fingerprint density at radius 2 is 1.15 bits per heavy atom. The van der Waals surface area contributed by atoms with Crippen molar-refractivity contribution in [2.24, 2.45) is 0 Å². The number of rotatable bonds is 10. The summed E-state index contributed by atoms with van der Waals surface area (Å²) in [6, 6.07) is 13.0. The molecule has 0 aromatic heterocycles. The average molecular weight is 453 g/mol. The molecule has 3 rings (SSSR count). The second kappa shape index (κ2) is 12.1. The molecule has 0 aliphatic carbocycles. The quantitative estimate of drug-likeness (QED) is 0.136. The smallest absolute Gasteiger partial charge is 0.434 e. The second-order valence-electron chi connectivity index (χ2n) is 8.07. The molecule has 0 amide bonds. The van der Waals surface area contributed by atoms with Gasteiger partial charge >= 0.3 is 12.3 Å². The maximum Gasteiger partial charge on any atom is 0.513 e. The highest BCUT2D eigenvalue weighted by atomic mass is 16.7. The zero-order valence-corrected chi connectivity index (χ0v) is 19.6. The molecule has 0 fully saturated rings. The van der Waals surface area contributed by atoms with Crippen LogP contribution in [0.2, 0.25) is 0 Å². The van der Waals surface area contributed by atoms with Crippen LogP contribution >= 0.6 is 0 Å². The summed E-state index contributed by atoms with van der Waals surface area (Å²) in [6.07, 6.45) is 4.13. The van der Waals surface area contributed by atoms with Crippen molar-refractivity contribution in [1.29, 1.82) is 0 Å². The minimum Gasteiger partial charge on any atom is -0.434 e. The Bertz CT molecular complexity index is 1100. The normalized spacial score (nSPS) is 10.9. The number of hydrogen-bond acceptors (Lipinski definition) is 6. The molecule has 0 unspecified atom stereocenters. The van der Waals surface area contributed by atoms with Crippen molar-refractivity contribution in [2.45, 2.75) is 59.3 Å². The zero-order chi connectivity index (χ0) is 23.6. The summed E-state index contributed by atoms with van der Waals surface area (Å²) in [5, 5.41) is 2.61. The predicted octanol–water partition coefficient (Wildman–Crippen LogP) is 7.71. The number of unbranched alkanes of at least 4 members (excludes halogenated alkanes) is 4. The van der Waals surface area contributed by atoms with Gasteiger partial charge in [0, 0.05) is 21.5 Å². The molecule has 3 aromatic carbocycles. The molecular formula is C27H32O6. The minimum absolute atomic E-state index is 0.312. The van der Waals surface area contributed by atoms with E-state index in [4.69, 9.17) is 18.9 Å². The molecule has 0 atom stereocenters. The van der Waals surface area contributed by atoms with Gasteiger partial charge in [0.05, 0.1) is 13.2 Å². The molecule has 0 heterocycles. The van der Waals surface area contributed by atoms with Gasteiger partial charge in [-0.1, -0.05) is 81.5 Å². The summed E-state index contributed by atoms with van der Waals surface area (Å²) < 4.78 is 21.9. The van der Waals surface area contributed by atoms with Gasteiger partial charge in [0.15, 0.2) is 0 Å². The van der Waals surface area contributed by atoms with Crippen LogP contribution in [0.4, 0.5) is 9.59 Å². The van der Waals surface area contributed by atoms with Crippen LogP contribution in [0.1, 0.15) is 57.9 Å². The summed E-state index contributed by atoms with van der Waals surface area (Å²) in [4.78, 5) is 24.8. The summed E-state index contributed by atoms with van der Waals surface area (Å²) >= 11 is 0. The van der Waals surface area contributed by atoms with E-state index < -0.39 is 12.3 Å². The number of fused-ring (bicyclic) bond motifs is 2. The van der Waals surface area contributed by atoms with Crippen molar-refractivity contribution in [1.82, 2.24) is 0 Å².